The Morgan fingerprint density at radius 1 is 1.35 bits per heavy atom. The maximum absolute atomic E-state index is 11.2. The molecule has 96 valence electrons. The molecule has 1 heteroatoms. The lowest BCUT2D eigenvalue weighted by atomic mass is 9.57. The standard InChI is InChI=1S/C16H26O/c1-5-6-10-16(17)13(3)7-8-14-12(2)9-11-15(14,16)4/h7,9,14,17H,5-6,8,10-11H2,1-4H3/t14-,15-,16-/m0/s1. The number of fused-ring (bicyclic) bond motifs is 1. The molecule has 0 heterocycles. The quantitative estimate of drug-likeness (QED) is 0.724. The molecule has 17 heavy (non-hydrogen) atoms. The van der Waals surface area contributed by atoms with Gasteiger partial charge < -0.3 is 5.11 Å². The Morgan fingerprint density at radius 2 is 2.06 bits per heavy atom. The van der Waals surface area contributed by atoms with E-state index < -0.39 is 5.60 Å². The summed E-state index contributed by atoms with van der Waals surface area (Å²) in [6.07, 6.45) is 9.94. The first-order chi connectivity index (χ1) is 7.95. The van der Waals surface area contributed by atoms with Crippen molar-refractivity contribution in [3.05, 3.63) is 23.3 Å². The van der Waals surface area contributed by atoms with Gasteiger partial charge in [0, 0.05) is 5.41 Å². The summed E-state index contributed by atoms with van der Waals surface area (Å²) < 4.78 is 0. The van der Waals surface area contributed by atoms with E-state index in [4.69, 9.17) is 0 Å². The van der Waals surface area contributed by atoms with E-state index in [0.29, 0.717) is 5.92 Å². The average Bonchev–Trinajstić information content (AvgIpc) is 2.60. The van der Waals surface area contributed by atoms with Crippen molar-refractivity contribution in [1.82, 2.24) is 0 Å². The minimum atomic E-state index is -0.583. The van der Waals surface area contributed by atoms with Crippen LogP contribution in [0, 0.1) is 11.3 Å². The highest BCUT2D eigenvalue weighted by molar-refractivity contribution is 5.33. The molecule has 0 saturated carbocycles. The zero-order chi connectivity index (χ0) is 12.7. The molecule has 0 radical (unpaired) electrons. The number of hydrogen-bond donors (Lipinski definition) is 1. The van der Waals surface area contributed by atoms with E-state index in [1.807, 2.05) is 0 Å². The summed E-state index contributed by atoms with van der Waals surface area (Å²) >= 11 is 0. The minimum Gasteiger partial charge on any atom is -0.385 e. The highest BCUT2D eigenvalue weighted by Crippen LogP contribution is 2.58. The van der Waals surface area contributed by atoms with Crippen LogP contribution in [0.2, 0.25) is 0 Å². The van der Waals surface area contributed by atoms with Crippen LogP contribution in [0.25, 0.3) is 0 Å². The molecule has 1 N–H and O–H groups in total. The molecule has 0 saturated heterocycles. The predicted octanol–water partition coefficient (Wildman–Crippen LogP) is 4.23. The number of unbranched alkanes of at least 4 members (excludes halogenated alkanes) is 1. The Bertz CT molecular complexity index is 366. The van der Waals surface area contributed by atoms with Crippen LogP contribution in [-0.4, -0.2) is 10.7 Å². The highest BCUT2D eigenvalue weighted by atomic mass is 16.3. The molecular formula is C16H26O. The Morgan fingerprint density at radius 3 is 2.71 bits per heavy atom. The fraction of sp³-hybridized carbons (Fsp3) is 0.750. The summed E-state index contributed by atoms with van der Waals surface area (Å²) in [4.78, 5) is 0. The molecule has 0 aromatic rings. The van der Waals surface area contributed by atoms with Gasteiger partial charge >= 0.3 is 0 Å². The molecule has 0 fully saturated rings. The Balaban J connectivity index is 2.35. The molecule has 1 nitrogen and oxygen atoms in total. The van der Waals surface area contributed by atoms with Crippen LogP contribution >= 0.6 is 0 Å². The summed E-state index contributed by atoms with van der Waals surface area (Å²) in [5.74, 6) is 0.549. The Kier molecular flexibility index (Phi) is 3.24. The molecular weight excluding hydrogens is 208 g/mol. The fourth-order valence-corrected chi connectivity index (χ4v) is 3.89. The van der Waals surface area contributed by atoms with Crippen molar-refractivity contribution in [3.8, 4) is 0 Å². The third kappa shape index (κ3) is 1.71. The molecule has 0 aromatic carbocycles. The van der Waals surface area contributed by atoms with E-state index in [2.05, 4.69) is 39.8 Å². The van der Waals surface area contributed by atoms with E-state index in [9.17, 15) is 5.11 Å². The molecule has 0 bridgehead atoms. The highest BCUT2D eigenvalue weighted by Gasteiger charge is 2.55. The van der Waals surface area contributed by atoms with Crippen LogP contribution in [0.4, 0.5) is 0 Å². The number of aliphatic hydroxyl groups is 1. The van der Waals surface area contributed by atoms with Crippen LogP contribution in [0.3, 0.4) is 0 Å². The third-order valence-electron chi connectivity index (χ3n) is 5.32. The summed E-state index contributed by atoms with van der Waals surface area (Å²) in [5.41, 5.74) is 2.13. The fourth-order valence-electron chi connectivity index (χ4n) is 3.89. The van der Waals surface area contributed by atoms with Crippen LogP contribution in [-0.2, 0) is 0 Å². The van der Waals surface area contributed by atoms with Gasteiger partial charge in [0.2, 0.25) is 0 Å². The molecule has 0 spiro atoms. The molecule has 0 aromatic heterocycles. The van der Waals surface area contributed by atoms with Crippen molar-refractivity contribution in [2.45, 2.75) is 65.4 Å². The van der Waals surface area contributed by atoms with Crippen LogP contribution < -0.4 is 0 Å². The van der Waals surface area contributed by atoms with Gasteiger partial charge in [-0.3, -0.25) is 0 Å². The smallest absolute Gasteiger partial charge is 0.0916 e. The second-order valence-electron chi connectivity index (χ2n) is 6.21. The number of allylic oxidation sites excluding steroid dienone is 3. The van der Waals surface area contributed by atoms with E-state index in [0.717, 1.165) is 32.1 Å². The van der Waals surface area contributed by atoms with Gasteiger partial charge in [-0.05, 0) is 44.6 Å². The van der Waals surface area contributed by atoms with Crippen LogP contribution in [0.1, 0.15) is 59.8 Å². The molecule has 2 rings (SSSR count). The van der Waals surface area contributed by atoms with Gasteiger partial charge in [-0.15, -0.1) is 0 Å². The van der Waals surface area contributed by atoms with Crippen molar-refractivity contribution in [2.24, 2.45) is 11.3 Å². The van der Waals surface area contributed by atoms with Gasteiger partial charge in [0.05, 0.1) is 5.60 Å². The number of hydrogen-bond acceptors (Lipinski definition) is 1. The average molecular weight is 234 g/mol. The molecule has 2 aliphatic carbocycles. The SMILES string of the molecule is CCCC[C@]1(O)C(C)=CC[C@H]2C(C)=CC[C@@]21C. The summed E-state index contributed by atoms with van der Waals surface area (Å²) in [6.45, 7) is 8.83. The van der Waals surface area contributed by atoms with Crippen molar-refractivity contribution >= 4 is 0 Å². The van der Waals surface area contributed by atoms with Gasteiger partial charge in [0.1, 0.15) is 0 Å². The lowest BCUT2D eigenvalue weighted by Gasteiger charge is -2.51. The van der Waals surface area contributed by atoms with Crippen LogP contribution in [0.5, 0.6) is 0 Å². The molecule has 0 unspecified atom stereocenters. The molecule has 0 amide bonds. The summed E-state index contributed by atoms with van der Waals surface area (Å²) in [7, 11) is 0. The van der Waals surface area contributed by atoms with Gasteiger partial charge in [0.25, 0.3) is 0 Å². The van der Waals surface area contributed by atoms with Gasteiger partial charge in [-0.1, -0.05) is 44.4 Å². The largest absolute Gasteiger partial charge is 0.385 e. The number of rotatable bonds is 3. The second kappa shape index (κ2) is 4.28. The van der Waals surface area contributed by atoms with Crippen molar-refractivity contribution < 1.29 is 5.11 Å². The van der Waals surface area contributed by atoms with E-state index in [-0.39, 0.29) is 5.41 Å². The first-order valence-corrected chi connectivity index (χ1v) is 7.02. The Hall–Kier alpha value is -0.560. The minimum absolute atomic E-state index is 0.0328. The summed E-state index contributed by atoms with van der Waals surface area (Å²) in [6, 6.07) is 0. The van der Waals surface area contributed by atoms with E-state index >= 15 is 0 Å². The van der Waals surface area contributed by atoms with Crippen molar-refractivity contribution in [3.63, 3.8) is 0 Å². The van der Waals surface area contributed by atoms with E-state index in [1.165, 1.54) is 11.1 Å². The molecule has 3 atom stereocenters. The van der Waals surface area contributed by atoms with Gasteiger partial charge in [0.15, 0.2) is 0 Å². The zero-order valence-corrected chi connectivity index (χ0v) is 11.7. The monoisotopic (exact) mass is 234 g/mol. The maximum Gasteiger partial charge on any atom is 0.0916 e. The predicted molar refractivity (Wildman–Crippen MR) is 72.8 cm³/mol. The lowest BCUT2D eigenvalue weighted by Crippen LogP contribution is -2.52. The second-order valence-corrected chi connectivity index (χ2v) is 6.21. The van der Waals surface area contributed by atoms with Gasteiger partial charge in [-0.25, -0.2) is 0 Å². The van der Waals surface area contributed by atoms with Crippen molar-refractivity contribution in [1.29, 1.82) is 0 Å². The van der Waals surface area contributed by atoms with Crippen molar-refractivity contribution in [2.75, 3.05) is 0 Å². The summed E-state index contributed by atoms with van der Waals surface area (Å²) in [5, 5.41) is 11.2. The van der Waals surface area contributed by atoms with E-state index in [1.54, 1.807) is 0 Å². The molecule has 2 aliphatic rings. The first kappa shape index (κ1) is 12.9. The van der Waals surface area contributed by atoms with Crippen LogP contribution in [0.15, 0.2) is 23.3 Å². The van der Waals surface area contributed by atoms with Gasteiger partial charge in [-0.2, -0.15) is 0 Å². The normalized spacial score (nSPS) is 40.9. The third-order valence-corrected chi connectivity index (χ3v) is 5.32. The molecule has 0 aliphatic heterocycles. The maximum atomic E-state index is 11.2. The zero-order valence-electron chi connectivity index (χ0n) is 11.7. The first-order valence-electron chi connectivity index (χ1n) is 7.02. The lowest BCUT2D eigenvalue weighted by molar-refractivity contribution is -0.0774. The Labute approximate surface area is 106 Å². The topological polar surface area (TPSA) is 20.2 Å².